The molecule has 0 saturated carbocycles. The predicted octanol–water partition coefficient (Wildman–Crippen LogP) is 1.93. The normalized spacial score (nSPS) is 17.9. The van der Waals surface area contributed by atoms with Gasteiger partial charge in [-0.2, -0.15) is 5.10 Å². The highest BCUT2D eigenvalue weighted by Crippen LogP contribution is 2.25. The maximum Gasteiger partial charge on any atom is 0.131 e. The smallest absolute Gasteiger partial charge is 0.131 e. The number of rotatable bonds is 5. The van der Waals surface area contributed by atoms with E-state index in [9.17, 15) is 0 Å². The maximum atomic E-state index is 5.45. The van der Waals surface area contributed by atoms with Crippen LogP contribution in [0.25, 0.3) is 0 Å². The Morgan fingerprint density at radius 1 is 1.32 bits per heavy atom. The Bertz CT molecular complexity index is 633. The molecule has 118 valence electrons. The van der Waals surface area contributed by atoms with Gasteiger partial charge in [-0.3, -0.25) is 4.68 Å². The molecule has 0 bridgehead atoms. The molecule has 2 aromatic rings. The third-order valence-corrected chi connectivity index (χ3v) is 4.16. The molecule has 0 N–H and O–H groups in total. The lowest BCUT2D eigenvalue weighted by molar-refractivity contribution is 0.193. The van der Waals surface area contributed by atoms with Crippen LogP contribution in [0, 0.1) is 13.8 Å². The highest BCUT2D eigenvalue weighted by Gasteiger charge is 2.20. The first-order chi connectivity index (χ1) is 10.6. The summed E-state index contributed by atoms with van der Waals surface area (Å²) in [5, 5.41) is 4.50. The summed E-state index contributed by atoms with van der Waals surface area (Å²) in [5.74, 6) is 1.37. The van der Waals surface area contributed by atoms with E-state index in [2.05, 4.69) is 46.1 Å². The van der Waals surface area contributed by atoms with E-state index in [1.54, 1.807) is 6.33 Å². The standard InChI is InChI=1S/C16H23N5O/c1-12-8-13(2)21(19-12)6-5-20(3)16-9-15(17-11-18-16)14-4-7-22-10-14/h8-9,11,14H,4-7,10H2,1-3H3/t14-/m1/s1. The van der Waals surface area contributed by atoms with E-state index >= 15 is 0 Å². The highest BCUT2D eigenvalue weighted by atomic mass is 16.5. The van der Waals surface area contributed by atoms with E-state index in [0.29, 0.717) is 5.92 Å². The van der Waals surface area contributed by atoms with Gasteiger partial charge in [0.25, 0.3) is 0 Å². The summed E-state index contributed by atoms with van der Waals surface area (Å²) in [4.78, 5) is 10.9. The van der Waals surface area contributed by atoms with Crippen molar-refractivity contribution >= 4 is 5.82 Å². The molecule has 0 radical (unpaired) electrons. The van der Waals surface area contributed by atoms with Gasteiger partial charge in [-0.25, -0.2) is 9.97 Å². The molecule has 1 aliphatic heterocycles. The lowest BCUT2D eigenvalue weighted by Gasteiger charge is -2.19. The van der Waals surface area contributed by atoms with Gasteiger partial charge in [0.15, 0.2) is 0 Å². The molecule has 0 aliphatic carbocycles. The van der Waals surface area contributed by atoms with Crippen LogP contribution in [0.2, 0.25) is 0 Å². The Morgan fingerprint density at radius 3 is 2.86 bits per heavy atom. The number of anilines is 1. The second-order valence-electron chi connectivity index (χ2n) is 5.93. The summed E-state index contributed by atoms with van der Waals surface area (Å²) in [5.41, 5.74) is 3.34. The lowest BCUT2D eigenvalue weighted by Crippen LogP contribution is -2.24. The molecule has 0 amide bonds. The van der Waals surface area contributed by atoms with E-state index in [-0.39, 0.29) is 0 Å². The molecular formula is C16H23N5O. The van der Waals surface area contributed by atoms with Gasteiger partial charge < -0.3 is 9.64 Å². The lowest BCUT2D eigenvalue weighted by atomic mass is 10.0. The van der Waals surface area contributed by atoms with Crippen LogP contribution >= 0.6 is 0 Å². The fraction of sp³-hybridized carbons (Fsp3) is 0.562. The summed E-state index contributed by atoms with van der Waals surface area (Å²) in [7, 11) is 2.06. The van der Waals surface area contributed by atoms with Crippen molar-refractivity contribution in [2.24, 2.45) is 0 Å². The van der Waals surface area contributed by atoms with Gasteiger partial charge in [0.05, 0.1) is 24.5 Å². The Morgan fingerprint density at radius 2 is 2.18 bits per heavy atom. The zero-order valence-electron chi connectivity index (χ0n) is 13.5. The van der Waals surface area contributed by atoms with Gasteiger partial charge in [-0.15, -0.1) is 0 Å². The van der Waals surface area contributed by atoms with Crippen molar-refractivity contribution in [3.05, 3.63) is 35.5 Å². The summed E-state index contributed by atoms with van der Waals surface area (Å²) in [6.07, 6.45) is 2.70. The van der Waals surface area contributed by atoms with Crippen molar-refractivity contribution in [1.82, 2.24) is 19.7 Å². The molecule has 6 nitrogen and oxygen atoms in total. The minimum atomic E-state index is 0.408. The minimum Gasteiger partial charge on any atom is -0.381 e. The maximum absolute atomic E-state index is 5.45. The van der Waals surface area contributed by atoms with Gasteiger partial charge in [-0.1, -0.05) is 0 Å². The highest BCUT2D eigenvalue weighted by molar-refractivity contribution is 5.38. The predicted molar refractivity (Wildman–Crippen MR) is 85.2 cm³/mol. The zero-order chi connectivity index (χ0) is 15.5. The van der Waals surface area contributed by atoms with E-state index in [1.165, 1.54) is 5.69 Å². The molecule has 22 heavy (non-hydrogen) atoms. The Kier molecular flexibility index (Phi) is 4.38. The molecule has 1 fully saturated rings. The molecule has 6 heteroatoms. The molecule has 1 atom stereocenters. The zero-order valence-corrected chi connectivity index (χ0v) is 13.5. The van der Waals surface area contributed by atoms with Crippen molar-refractivity contribution < 1.29 is 4.74 Å². The molecule has 0 unspecified atom stereocenters. The number of hydrogen-bond acceptors (Lipinski definition) is 5. The Balaban J connectivity index is 1.65. The van der Waals surface area contributed by atoms with E-state index in [0.717, 1.165) is 49.9 Å². The fourth-order valence-electron chi connectivity index (χ4n) is 2.82. The molecule has 0 spiro atoms. The number of likely N-dealkylation sites (N-methyl/N-ethyl adjacent to an activating group) is 1. The largest absolute Gasteiger partial charge is 0.381 e. The molecule has 1 aliphatic rings. The van der Waals surface area contributed by atoms with Crippen molar-refractivity contribution in [2.45, 2.75) is 32.7 Å². The number of hydrogen-bond donors (Lipinski definition) is 0. The summed E-state index contributed by atoms with van der Waals surface area (Å²) in [6.45, 7) is 7.42. The number of aryl methyl sites for hydroxylation is 2. The summed E-state index contributed by atoms with van der Waals surface area (Å²) >= 11 is 0. The quantitative estimate of drug-likeness (QED) is 0.844. The first-order valence-corrected chi connectivity index (χ1v) is 7.75. The first kappa shape index (κ1) is 15.0. The van der Waals surface area contributed by atoms with Gasteiger partial charge >= 0.3 is 0 Å². The Labute approximate surface area is 131 Å². The van der Waals surface area contributed by atoms with Crippen LogP contribution < -0.4 is 4.90 Å². The van der Waals surface area contributed by atoms with Crippen LogP contribution in [-0.4, -0.2) is 46.6 Å². The van der Waals surface area contributed by atoms with Crippen molar-refractivity contribution in [1.29, 1.82) is 0 Å². The van der Waals surface area contributed by atoms with Crippen LogP contribution in [0.3, 0.4) is 0 Å². The van der Waals surface area contributed by atoms with Crippen LogP contribution in [0.15, 0.2) is 18.5 Å². The number of nitrogens with zero attached hydrogens (tertiary/aromatic N) is 5. The first-order valence-electron chi connectivity index (χ1n) is 7.75. The van der Waals surface area contributed by atoms with Gasteiger partial charge in [0, 0.05) is 37.9 Å². The van der Waals surface area contributed by atoms with Crippen molar-refractivity contribution in [3.8, 4) is 0 Å². The number of ether oxygens (including phenoxy) is 1. The molecular weight excluding hydrogens is 278 g/mol. The molecule has 2 aromatic heterocycles. The van der Waals surface area contributed by atoms with Gasteiger partial charge in [0.1, 0.15) is 12.1 Å². The Hall–Kier alpha value is -1.95. The van der Waals surface area contributed by atoms with Crippen LogP contribution in [-0.2, 0) is 11.3 Å². The van der Waals surface area contributed by atoms with Gasteiger partial charge in [-0.05, 0) is 26.3 Å². The molecule has 0 aromatic carbocycles. The van der Waals surface area contributed by atoms with Crippen molar-refractivity contribution in [3.63, 3.8) is 0 Å². The average molecular weight is 301 g/mol. The third-order valence-electron chi connectivity index (χ3n) is 4.16. The van der Waals surface area contributed by atoms with Crippen LogP contribution in [0.1, 0.15) is 29.4 Å². The molecule has 3 rings (SSSR count). The van der Waals surface area contributed by atoms with Crippen LogP contribution in [0.5, 0.6) is 0 Å². The topological polar surface area (TPSA) is 56.1 Å². The second-order valence-corrected chi connectivity index (χ2v) is 5.93. The molecule has 1 saturated heterocycles. The summed E-state index contributed by atoms with van der Waals surface area (Å²) < 4.78 is 7.49. The van der Waals surface area contributed by atoms with Crippen molar-refractivity contribution in [2.75, 3.05) is 31.7 Å². The van der Waals surface area contributed by atoms with Gasteiger partial charge in [0.2, 0.25) is 0 Å². The number of aromatic nitrogens is 4. The second kappa shape index (κ2) is 6.44. The monoisotopic (exact) mass is 301 g/mol. The summed E-state index contributed by atoms with van der Waals surface area (Å²) in [6, 6.07) is 4.18. The average Bonchev–Trinajstić information content (AvgIpc) is 3.15. The SMILES string of the molecule is Cc1cc(C)n(CCN(C)c2cc([C@@H]3CCOC3)ncn2)n1. The fourth-order valence-corrected chi connectivity index (χ4v) is 2.82. The van der Waals surface area contributed by atoms with E-state index < -0.39 is 0 Å². The van der Waals surface area contributed by atoms with E-state index in [4.69, 9.17) is 4.74 Å². The van der Waals surface area contributed by atoms with Crippen LogP contribution in [0.4, 0.5) is 5.82 Å². The van der Waals surface area contributed by atoms with E-state index in [1.807, 2.05) is 11.6 Å². The third kappa shape index (κ3) is 3.27. The molecule has 3 heterocycles. The minimum absolute atomic E-state index is 0.408.